The Labute approximate surface area is 157 Å². The smallest absolute Gasteiger partial charge is 0.226 e. The van der Waals surface area contributed by atoms with E-state index in [1.165, 1.54) is 11.3 Å². The molecular formula is C21H19N3OS. The highest BCUT2D eigenvalue weighted by atomic mass is 32.1. The van der Waals surface area contributed by atoms with E-state index in [1.54, 1.807) is 6.20 Å². The van der Waals surface area contributed by atoms with Gasteiger partial charge in [0, 0.05) is 23.9 Å². The van der Waals surface area contributed by atoms with Crippen molar-refractivity contribution < 1.29 is 4.79 Å². The Kier molecular flexibility index (Phi) is 5.77. The lowest BCUT2D eigenvalue weighted by molar-refractivity contribution is -0.116. The average Bonchev–Trinajstić information content (AvgIpc) is 3.09. The molecule has 2 aromatic carbocycles. The highest BCUT2D eigenvalue weighted by molar-refractivity contribution is 7.15. The van der Waals surface area contributed by atoms with Crippen LogP contribution in [0.1, 0.15) is 40.8 Å². The summed E-state index contributed by atoms with van der Waals surface area (Å²) in [7, 11) is 0. The van der Waals surface area contributed by atoms with E-state index in [-0.39, 0.29) is 11.8 Å². The zero-order chi connectivity index (χ0) is 18.4. The largest absolute Gasteiger partial charge is 0.302 e. The van der Waals surface area contributed by atoms with Crippen LogP contribution in [0.15, 0.2) is 60.8 Å². The third-order valence-corrected chi connectivity index (χ3v) is 5.08. The summed E-state index contributed by atoms with van der Waals surface area (Å²) in [5, 5.41) is 12.7. The van der Waals surface area contributed by atoms with Gasteiger partial charge in [0.25, 0.3) is 0 Å². The van der Waals surface area contributed by atoms with E-state index in [2.05, 4.69) is 16.4 Å². The van der Waals surface area contributed by atoms with Crippen molar-refractivity contribution in [2.24, 2.45) is 0 Å². The van der Waals surface area contributed by atoms with Gasteiger partial charge in [0.1, 0.15) is 0 Å². The minimum atomic E-state index is -0.0420. The summed E-state index contributed by atoms with van der Waals surface area (Å²) in [6, 6.07) is 19.7. The molecule has 1 atom stereocenters. The number of benzene rings is 2. The number of aromatic nitrogens is 1. The van der Waals surface area contributed by atoms with Crippen molar-refractivity contribution in [2.75, 3.05) is 5.32 Å². The molecule has 1 aromatic heterocycles. The Morgan fingerprint density at radius 1 is 1.19 bits per heavy atom. The Balaban J connectivity index is 1.60. The lowest BCUT2D eigenvalue weighted by atomic mass is 9.98. The van der Waals surface area contributed by atoms with Gasteiger partial charge in [-0.2, -0.15) is 5.26 Å². The van der Waals surface area contributed by atoms with Gasteiger partial charge in [-0.3, -0.25) is 4.79 Å². The number of thiazole rings is 1. The molecule has 0 radical (unpaired) electrons. The van der Waals surface area contributed by atoms with Gasteiger partial charge in [-0.05, 0) is 23.1 Å². The molecule has 3 rings (SSSR count). The maximum absolute atomic E-state index is 12.3. The molecule has 1 N–H and O–H groups in total. The fraction of sp³-hybridized carbons (Fsp3) is 0.190. The summed E-state index contributed by atoms with van der Waals surface area (Å²) in [4.78, 5) is 17.6. The number of anilines is 1. The number of nitrogens with one attached hydrogen (secondary N) is 1. The fourth-order valence-corrected chi connectivity index (χ4v) is 3.62. The highest BCUT2D eigenvalue weighted by Crippen LogP contribution is 2.24. The number of carbonyl (C=O) groups is 1. The Hall–Kier alpha value is -2.97. The van der Waals surface area contributed by atoms with Gasteiger partial charge in [0.2, 0.25) is 5.91 Å². The van der Waals surface area contributed by atoms with Crippen LogP contribution in [-0.4, -0.2) is 10.9 Å². The third-order valence-electron chi connectivity index (χ3n) is 4.16. The number of nitrogens with zero attached hydrogens (tertiary/aromatic N) is 2. The summed E-state index contributed by atoms with van der Waals surface area (Å²) >= 11 is 1.45. The van der Waals surface area contributed by atoms with Crippen LogP contribution in [-0.2, 0) is 11.2 Å². The van der Waals surface area contributed by atoms with Crippen LogP contribution in [0.5, 0.6) is 0 Å². The molecular weight excluding hydrogens is 342 g/mol. The number of rotatable bonds is 6. The monoisotopic (exact) mass is 361 g/mol. The molecule has 5 heteroatoms. The molecule has 0 bridgehead atoms. The second kappa shape index (κ2) is 8.41. The van der Waals surface area contributed by atoms with Gasteiger partial charge >= 0.3 is 0 Å². The summed E-state index contributed by atoms with van der Waals surface area (Å²) in [5.74, 6) is 0.109. The minimum absolute atomic E-state index is 0.0420. The van der Waals surface area contributed by atoms with Gasteiger partial charge in [0.15, 0.2) is 5.13 Å². The average molecular weight is 361 g/mol. The molecule has 1 unspecified atom stereocenters. The maximum Gasteiger partial charge on any atom is 0.226 e. The Morgan fingerprint density at radius 3 is 2.69 bits per heavy atom. The van der Waals surface area contributed by atoms with E-state index in [1.807, 2.05) is 61.5 Å². The second-order valence-corrected chi connectivity index (χ2v) is 7.26. The van der Waals surface area contributed by atoms with E-state index < -0.39 is 0 Å². The molecule has 0 saturated heterocycles. The van der Waals surface area contributed by atoms with Crippen LogP contribution >= 0.6 is 11.3 Å². The number of carbonyl (C=O) groups excluding carboxylic acids is 1. The zero-order valence-corrected chi connectivity index (χ0v) is 15.3. The van der Waals surface area contributed by atoms with Gasteiger partial charge < -0.3 is 5.32 Å². The van der Waals surface area contributed by atoms with Crippen LogP contribution < -0.4 is 5.32 Å². The first-order chi connectivity index (χ1) is 12.7. The van der Waals surface area contributed by atoms with Crippen molar-refractivity contribution >= 4 is 22.4 Å². The lowest BCUT2D eigenvalue weighted by Gasteiger charge is -2.10. The highest BCUT2D eigenvalue weighted by Gasteiger charge is 2.13. The van der Waals surface area contributed by atoms with E-state index in [9.17, 15) is 10.1 Å². The predicted octanol–water partition coefficient (Wildman–Crippen LogP) is 4.74. The Bertz CT molecular complexity index is 928. The molecule has 1 heterocycles. The van der Waals surface area contributed by atoms with Gasteiger partial charge in [-0.25, -0.2) is 4.98 Å². The molecule has 0 fully saturated rings. The first-order valence-electron chi connectivity index (χ1n) is 8.43. The lowest BCUT2D eigenvalue weighted by Crippen LogP contribution is -2.14. The SMILES string of the molecule is CC(CC(=O)Nc1ncc(Cc2ccccc2C#N)s1)c1ccccc1. The third kappa shape index (κ3) is 4.56. The number of amides is 1. The van der Waals surface area contributed by atoms with Crippen LogP contribution in [0, 0.1) is 11.3 Å². The standard InChI is InChI=1S/C21H19N3OS/c1-15(16-7-3-2-4-8-16)11-20(25)24-21-23-14-19(26-21)12-17-9-5-6-10-18(17)13-22/h2-10,14-15H,11-12H2,1H3,(H,23,24,25). The summed E-state index contributed by atoms with van der Waals surface area (Å²) in [5.41, 5.74) is 2.79. The predicted molar refractivity (Wildman–Crippen MR) is 104 cm³/mol. The van der Waals surface area contributed by atoms with Gasteiger partial charge in [-0.15, -0.1) is 11.3 Å². The molecule has 0 aliphatic rings. The summed E-state index contributed by atoms with van der Waals surface area (Å²) in [6.45, 7) is 2.04. The first kappa shape index (κ1) is 17.8. The van der Waals surface area contributed by atoms with Crippen molar-refractivity contribution in [1.82, 2.24) is 4.98 Å². The molecule has 0 aliphatic heterocycles. The van der Waals surface area contributed by atoms with Crippen LogP contribution in [0.4, 0.5) is 5.13 Å². The molecule has 0 aliphatic carbocycles. The van der Waals surface area contributed by atoms with E-state index in [0.717, 1.165) is 16.0 Å². The van der Waals surface area contributed by atoms with Crippen molar-refractivity contribution in [3.63, 3.8) is 0 Å². The second-order valence-electron chi connectivity index (χ2n) is 6.14. The maximum atomic E-state index is 12.3. The minimum Gasteiger partial charge on any atom is -0.302 e. The van der Waals surface area contributed by atoms with Gasteiger partial charge in [0.05, 0.1) is 11.6 Å². The van der Waals surface area contributed by atoms with Crippen LogP contribution in [0.25, 0.3) is 0 Å². The zero-order valence-electron chi connectivity index (χ0n) is 14.5. The molecule has 130 valence electrons. The van der Waals surface area contributed by atoms with Crippen LogP contribution in [0.2, 0.25) is 0 Å². The first-order valence-corrected chi connectivity index (χ1v) is 9.25. The van der Waals surface area contributed by atoms with Crippen molar-refractivity contribution in [3.05, 3.63) is 82.4 Å². The van der Waals surface area contributed by atoms with Crippen LogP contribution in [0.3, 0.4) is 0 Å². The fourth-order valence-electron chi connectivity index (χ4n) is 2.77. The van der Waals surface area contributed by atoms with E-state index >= 15 is 0 Å². The molecule has 4 nitrogen and oxygen atoms in total. The number of nitriles is 1. The normalized spacial score (nSPS) is 11.5. The van der Waals surface area contributed by atoms with Crippen molar-refractivity contribution in [1.29, 1.82) is 5.26 Å². The van der Waals surface area contributed by atoms with E-state index in [0.29, 0.717) is 23.5 Å². The van der Waals surface area contributed by atoms with E-state index in [4.69, 9.17) is 0 Å². The number of hydrogen-bond donors (Lipinski definition) is 1. The quantitative estimate of drug-likeness (QED) is 0.690. The molecule has 0 spiro atoms. The molecule has 26 heavy (non-hydrogen) atoms. The molecule has 0 saturated carbocycles. The van der Waals surface area contributed by atoms with Gasteiger partial charge in [-0.1, -0.05) is 55.5 Å². The van der Waals surface area contributed by atoms with Crippen molar-refractivity contribution in [3.8, 4) is 6.07 Å². The molecule has 1 amide bonds. The Morgan fingerprint density at radius 2 is 1.92 bits per heavy atom. The molecule has 3 aromatic rings. The topological polar surface area (TPSA) is 65.8 Å². The summed E-state index contributed by atoms with van der Waals surface area (Å²) < 4.78 is 0. The summed E-state index contributed by atoms with van der Waals surface area (Å²) in [6.07, 6.45) is 2.81. The van der Waals surface area contributed by atoms with Crippen molar-refractivity contribution in [2.45, 2.75) is 25.7 Å². The number of hydrogen-bond acceptors (Lipinski definition) is 4.